The molecule has 2 nitrogen and oxygen atoms in total. The van der Waals surface area contributed by atoms with Crippen LogP contribution in [0, 0.1) is 56.7 Å². The van der Waals surface area contributed by atoms with Crippen molar-refractivity contribution in [1.82, 2.24) is 0 Å². The maximum absolute atomic E-state index is 12.9. The van der Waals surface area contributed by atoms with Crippen molar-refractivity contribution in [3.05, 3.63) is 0 Å². The zero-order valence-electron chi connectivity index (χ0n) is 22.3. The van der Waals surface area contributed by atoms with E-state index in [4.69, 9.17) is 0 Å². The second kappa shape index (κ2) is 6.64. The summed E-state index contributed by atoms with van der Waals surface area (Å²) < 4.78 is 0. The predicted octanol–water partition coefficient (Wildman–Crippen LogP) is 7.43. The maximum Gasteiger partial charge on any atom is 0.138 e. The van der Waals surface area contributed by atoms with Crippen molar-refractivity contribution in [2.24, 2.45) is 56.7 Å². The summed E-state index contributed by atoms with van der Waals surface area (Å²) in [5.41, 5.74) is 0.715. The highest BCUT2D eigenvalue weighted by Crippen LogP contribution is 2.76. The van der Waals surface area contributed by atoms with Gasteiger partial charge in [0.25, 0.3) is 0 Å². The van der Waals surface area contributed by atoms with Gasteiger partial charge < -0.3 is 5.11 Å². The van der Waals surface area contributed by atoms with Crippen LogP contribution in [0.1, 0.15) is 120 Å². The number of Topliss-reactive ketones (excluding diaryl/α,β-unsaturated/α-hetero) is 1. The van der Waals surface area contributed by atoms with E-state index in [1.807, 2.05) is 0 Å². The molecule has 0 aromatic carbocycles. The lowest BCUT2D eigenvalue weighted by molar-refractivity contribution is -0.254. The van der Waals surface area contributed by atoms with Crippen LogP contribution < -0.4 is 0 Å². The fourth-order valence-electron chi connectivity index (χ4n) is 11.4. The minimum atomic E-state index is -0.516. The highest BCUT2D eigenvalue weighted by Gasteiger charge is 2.70. The highest BCUT2D eigenvalue weighted by atomic mass is 16.3. The Morgan fingerprint density at radius 1 is 0.750 bits per heavy atom. The SMILES string of the molecule is C[C@H]1C2C3CCC4[C@@]5(C)CCC(=O)C(C)(C)C5CC[C@@]4(C)[C@]3(C)CC[C@@]2(C)CCC1(C)O. The van der Waals surface area contributed by atoms with Gasteiger partial charge in [0.05, 0.1) is 5.60 Å². The Hall–Kier alpha value is -0.370. The Labute approximate surface area is 197 Å². The van der Waals surface area contributed by atoms with Crippen molar-refractivity contribution in [2.45, 2.75) is 125 Å². The molecule has 5 saturated carbocycles. The van der Waals surface area contributed by atoms with E-state index in [9.17, 15) is 9.90 Å². The first-order chi connectivity index (χ1) is 14.6. The van der Waals surface area contributed by atoms with Gasteiger partial charge in [0.2, 0.25) is 0 Å². The van der Waals surface area contributed by atoms with Crippen LogP contribution in [0.3, 0.4) is 0 Å². The van der Waals surface area contributed by atoms with Gasteiger partial charge in [-0.2, -0.15) is 0 Å². The summed E-state index contributed by atoms with van der Waals surface area (Å²) in [5, 5.41) is 11.3. The number of rotatable bonds is 0. The monoisotopic (exact) mass is 442 g/mol. The first kappa shape index (κ1) is 23.4. The summed E-state index contributed by atoms with van der Waals surface area (Å²) in [6, 6.07) is 0. The molecule has 10 atom stereocenters. The number of hydrogen-bond donors (Lipinski definition) is 1. The number of carbonyl (C=O) groups excluding carboxylic acids is 1. The Bertz CT molecular complexity index is 812. The third-order valence-corrected chi connectivity index (χ3v) is 13.9. The maximum atomic E-state index is 12.9. The van der Waals surface area contributed by atoms with E-state index in [2.05, 4.69) is 55.4 Å². The molecular weight excluding hydrogens is 392 g/mol. The average Bonchev–Trinajstić information content (AvgIpc) is 2.70. The smallest absolute Gasteiger partial charge is 0.138 e. The molecular formula is C30H50O2. The lowest BCUT2D eigenvalue weighted by Gasteiger charge is -2.73. The Morgan fingerprint density at radius 3 is 2.09 bits per heavy atom. The number of hydrogen-bond acceptors (Lipinski definition) is 2. The molecule has 5 aliphatic carbocycles. The topological polar surface area (TPSA) is 37.3 Å². The summed E-state index contributed by atoms with van der Waals surface area (Å²) >= 11 is 0. The van der Waals surface area contributed by atoms with Crippen molar-refractivity contribution in [2.75, 3.05) is 0 Å². The molecule has 0 aromatic rings. The predicted molar refractivity (Wildman–Crippen MR) is 131 cm³/mol. The van der Waals surface area contributed by atoms with Crippen molar-refractivity contribution >= 4 is 5.78 Å². The van der Waals surface area contributed by atoms with E-state index in [0.717, 1.165) is 31.1 Å². The number of aliphatic hydroxyl groups is 1. The van der Waals surface area contributed by atoms with Crippen molar-refractivity contribution in [1.29, 1.82) is 0 Å². The van der Waals surface area contributed by atoms with Gasteiger partial charge in [-0.3, -0.25) is 4.79 Å². The molecule has 5 unspecified atom stereocenters. The van der Waals surface area contributed by atoms with E-state index in [1.54, 1.807) is 0 Å². The van der Waals surface area contributed by atoms with Crippen LogP contribution in [0.5, 0.6) is 0 Å². The second-order valence-electron chi connectivity index (χ2n) is 15.1. The zero-order chi connectivity index (χ0) is 23.5. The standard InChI is InChI=1S/C30H50O2/c1-19-24-20-9-10-22-27(5)13-12-23(31)25(2,3)21(27)11-14-29(22,7)28(20,6)17-15-26(24,4)16-18-30(19,8)32/h19-22,24,32H,9-18H2,1-8H3/t19-,20?,21?,22?,24?,26-,27-,28+,29+,30?/m0/s1. The summed E-state index contributed by atoms with van der Waals surface area (Å²) in [7, 11) is 0. The van der Waals surface area contributed by atoms with Gasteiger partial charge in [-0.05, 0) is 116 Å². The van der Waals surface area contributed by atoms with Crippen LogP contribution in [-0.4, -0.2) is 16.5 Å². The van der Waals surface area contributed by atoms with Gasteiger partial charge in [-0.15, -0.1) is 0 Å². The molecule has 5 aliphatic rings. The van der Waals surface area contributed by atoms with Crippen molar-refractivity contribution in [3.63, 3.8) is 0 Å². The normalized spacial score (nSPS) is 59.4. The molecule has 0 bridgehead atoms. The molecule has 0 heterocycles. The third-order valence-electron chi connectivity index (χ3n) is 13.9. The van der Waals surface area contributed by atoms with E-state index >= 15 is 0 Å². The van der Waals surface area contributed by atoms with Gasteiger partial charge in [0.15, 0.2) is 0 Å². The molecule has 0 radical (unpaired) electrons. The van der Waals surface area contributed by atoms with Gasteiger partial charge in [-0.25, -0.2) is 0 Å². The van der Waals surface area contributed by atoms with Gasteiger partial charge in [0, 0.05) is 11.8 Å². The molecule has 0 amide bonds. The molecule has 32 heavy (non-hydrogen) atoms. The molecule has 0 aliphatic heterocycles. The molecule has 5 fully saturated rings. The van der Waals surface area contributed by atoms with E-state index in [-0.39, 0.29) is 5.41 Å². The molecule has 0 aromatic heterocycles. The van der Waals surface area contributed by atoms with Crippen molar-refractivity contribution < 1.29 is 9.90 Å². The fourth-order valence-corrected chi connectivity index (χ4v) is 11.4. The lowest BCUT2D eigenvalue weighted by Crippen LogP contribution is -2.68. The van der Waals surface area contributed by atoms with Crippen LogP contribution >= 0.6 is 0 Å². The largest absolute Gasteiger partial charge is 0.390 e. The van der Waals surface area contributed by atoms with E-state index in [1.165, 1.54) is 44.9 Å². The Kier molecular flexibility index (Phi) is 4.85. The fraction of sp³-hybridized carbons (Fsp3) is 0.967. The lowest BCUT2D eigenvalue weighted by atomic mass is 9.31. The quantitative estimate of drug-likeness (QED) is 0.423. The molecule has 2 heteroatoms. The summed E-state index contributed by atoms with van der Waals surface area (Å²) in [5.74, 6) is 3.52. The van der Waals surface area contributed by atoms with Crippen LogP contribution in [0.2, 0.25) is 0 Å². The number of carbonyl (C=O) groups is 1. The molecule has 5 rings (SSSR count). The Morgan fingerprint density at radius 2 is 1.41 bits per heavy atom. The summed E-state index contributed by atoms with van der Waals surface area (Å²) in [6.45, 7) is 19.5. The summed E-state index contributed by atoms with van der Waals surface area (Å²) in [6.07, 6.45) is 11.9. The van der Waals surface area contributed by atoms with E-state index < -0.39 is 5.60 Å². The van der Waals surface area contributed by atoms with Gasteiger partial charge in [0.1, 0.15) is 5.78 Å². The zero-order valence-corrected chi connectivity index (χ0v) is 22.3. The van der Waals surface area contributed by atoms with Crippen LogP contribution in [0.15, 0.2) is 0 Å². The summed E-state index contributed by atoms with van der Waals surface area (Å²) in [4.78, 5) is 12.9. The van der Waals surface area contributed by atoms with Crippen LogP contribution in [0.4, 0.5) is 0 Å². The van der Waals surface area contributed by atoms with E-state index in [0.29, 0.717) is 45.2 Å². The first-order valence-electron chi connectivity index (χ1n) is 13.9. The van der Waals surface area contributed by atoms with Gasteiger partial charge >= 0.3 is 0 Å². The third kappa shape index (κ3) is 2.66. The second-order valence-corrected chi connectivity index (χ2v) is 15.1. The highest BCUT2D eigenvalue weighted by molar-refractivity contribution is 5.85. The van der Waals surface area contributed by atoms with Crippen LogP contribution in [0.25, 0.3) is 0 Å². The van der Waals surface area contributed by atoms with Crippen LogP contribution in [-0.2, 0) is 4.79 Å². The first-order valence-corrected chi connectivity index (χ1v) is 13.9. The minimum absolute atomic E-state index is 0.159. The van der Waals surface area contributed by atoms with Gasteiger partial charge in [-0.1, -0.05) is 48.5 Å². The number of ketones is 1. The molecule has 0 spiro atoms. The minimum Gasteiger partial charge on any atom is -0.390 e. The molecule has 1 N–H and O–H groups in total. The van der Waals surface area contributed by atoms with Crippen molar-refractivity contribution in [3.8, 4) is 0 Å². The average molecular weight is 443 g/mol. The Balaban J connectivity index is 1.55. The number of fused-ring (bicyclic) bond motifs is 7. The molecule has 0 saturated heterocycles. The molecule has 182 valence electrons.